The molecule has 0 aliphatic carbocycles. The molecule has 0 aliphatic rings. The maximum atomic E-state index is 11.5. The van der Waals surface area contributed by atoms with Crippen molar-refractivity contribution in [3.8, 4) is 0 Å². The summed E-state index contributed by atoms with van der Waals surface area (Å²) in [6, 6.07) is 0. The van der Waals surface area contributed by atoms with Crippen molar-refractivity contribution in [2.45, 2.75) is 40.2 Å². The third kappa shape index (κ3) is 6.25. The van der Waals surface area contributed by atoms with Gasteiger partial charge in [0.15, 0.2) is 5.78 Å². The summed E-state index contributed by atoms with van der Waals surface area (Å²) in [6.45, 7) is 7.33. The van der Waals surface area contributed by atoms with E-state index in [9.17, 15) is 9.90 Å². The Morgan fingerprint density at radius 2 is 1.93 bits per heavy atom. The normalized spacial score (nSPS) is 14.3. The SMILES string of the molecule is CCC(OC)/C(O)=C/C(=O)C(C)(C)C.[Hf]. The molecule has 1 N–H and O–H groups in total. The molecule has 1 atom stereocenters. The molecule has 0 rings (SSSR count). The van der Waals surface area contributed by atoms with Crippen LogP contribution in [-0.4, -0.2) is 24.1 Å². The first-order valence-electron chi connectivity index (χ1n) is 4.80. The zero-order chi connectivity index (χ0) is 11.4. The van der Waals surface area contributed by atoms with Crippen molar-refractivity contribution < 1.29 is 40.5 Å². The molecule has 0 saturated carbocycles. The molecule has 0 fully saturated rings. The van der Waals surface area contributed by atoms with Gasteiger partial charge in [0.1, 0.15) is 11.9 Å². The Morgan fingerprint density at radius 1 is 1.47 bits per heavy atom. The number of methoxy groups -OCH3 is 1. The van der Waals surface area contributed by atoms with Crippen LogP contribution < -0.4 is 0 Å². The maximum Gasteiger partial charge on any atom is 0.164 e. The van der Waals surface area contributed by atoms with E-state index in [4.69, 9.17) is 4.74 Å². The van der Waals surface area contributed by atoms with Gasteiger partial charge in [-0.25, -0.2) is 0 Å². The molecule has 0 aromatic heterocycles. The fourth-order valence-corrected chi connectivity index (χ4v) is 0.940. The van der Waals surface area contributed by atoms with Crippen LogP contribution in [0.15, 0.2) is 11.8 Å². The van der Waals surface area contributed by atoms with Gasteiger partial charge >= 0.3 is 0 Å². The quantitative estimate of drug-likeness (QED) is 0.464. The Hall–Kier alpha value is 0.0401. The van der Waals surface area contributed by atoms with Crippen LogP contribution in [0.3, 0.4) is 0 Å². The first-order valence-corrected chi connectivity index (χ1v) is 4.80. The molecule has 15 heavy (non-hydrogen) atoms. The van der Waals surface area contributed by atoms with E-state index in [2.05, 4.69) is 0 Å². The molecule has 86 valence electrons. The summed E-state index contributed by atoms with van der Waals surface area (Å²) in [7, 11) is 1.51. The van der Waals surface area contributed by atoms with Gasteiger partial charge in [0.05, 0.1) is 0 Å². The van der Waals surface area contributed by atoms with E-state index < -0.39 is 5.41 Å². The Bertz CT molecular complexity index is 224. The molecule has 0 saturated heterocycles. The van der Waals surface area contributed by atoms with Crippen molar-refractivity contribution in [1.29, 1.82) is 0 Å². The second kappa shape index (κ2) is 7.34. The molecule has 0 aromatic rings. The van der Waals surface area contributed by atoms with E-state index in [1.165, 1.54) is 13.2 Å². The standard InChI is InChI=1S/C11H20O3.Hf/c1-6-9(14-5)8(12)7-10(13)11(2,3)4;/h7,9,12H,6H2,1-5H3;/b8-7-;. The molecule has 0 aliphatic heterocycles. The van der Waals surface area contributed by atoms with Gasteiger partial charge in [0.25, 0.3) is 0 Å². The first kappa shape index (κ1) is 17.4. The third-order valence-electron chi connectivity index (χ3n) is 2.00. The minimum absolute atomic E-state index is 0. The van der Waals surface area contributed by atoms with Gasteiger partial charge in [0.2, 0.25) is 0 Å². The van der Waals surface area contributed by atoms with Crippen LogP contribution in [0.25, 0.3) is 0 Å². The van der Waals surface area contributed by atoms with Crippen LogP contribution in [-0.2, 0) is 35.4 Å². The van der Waals surface area contributed by atoms with Gasteiger partial charge in [0, 0.05) is 44.4 Å². The van der Waals surface area contributed by atoms with E-state index >= 15 is 0 Å². The van der Waals surface area contributed by atoms with Crippen molar-refractivity contribution in [2.75, 3.05) is 7.11 Å². The number of carbonyl (C=O) groups excluding carboxylic acids is 1. The molecule has 1 unspecified atom stereocenters. The summed E-state index contributed by atoms with van der Waals surface area (Å²) in [6.07, 6.45) is 1.54. The largest absolute Gasteiger partial charge is 0.509 e. The summed E-state index contributed by atoms with van der Waals surface area (Å²) >= 11 is 0. The number of hydrogen-bond acceptors (Lipinski definition) is 3. The number of carbonyl (C=O) groups is 1. The summed E-state index contributed by atoms with van der Waals surface area (Å²) in [4.78, 5) is 11.5. The monoisotopic (exact) mass is 380 g/mol. The second-order valence-corrected chi connectivity index (χ2v) is 4.32. The van der Waals surface area contributed by atoms with Crippen LogP contribution in [0.4, 0.5) is 0 Å². The minimum atomic E-state index is -0.458. The van der Waals surface area contributed by atoms with Gasteiger partial charge in [-0.1, -0.05) is 27.7 Å². The molecular weight excluding hydrogens is 359 g/mol. The topological polar surface area (TPSA) is 46.5 Å². The van der Waals surface area contributed by atoms with Crippen molar-refractivity contribution in [3.05, 3.63) is 11.8 Å². The Balaban J connectivity index is 0. The van der Waals surface area contributed by atoms with E-state index in [0.29, 0.717) is 6.42 Å². The van der Waals surface area contributed by atoms with Gasteiger partial charge in [-0.15, -0.1) is 0 Å². The zero-order valence-corrected chi connectivity index (χ0v) is 13.7. The van der Waals surface area contributed by atoms with Crippen LogP contribution in [0, 0.1) is 5.41 Å². The van der Waals surface area contributed by atoms with E-state index in [1.807, 2.05) is 27.7 Å². The smallest absolute Gasteiger partial charge is 0.164 e. The fraction of sp³-hybridized carbons (Fsp3) is 0.727. The number of ketones is 1. The molecule has 0 radical (unpaired) electrons. The van der Waals surface area contributed by atoms with Gasteiger partial charge in [-0.3, -0.25) is 4.79 Å². The number of aliphatic hydroxyl groups excluding tert-OH is 1. The number of rotatable bonds is 4. The minimum Gasteiger partial charge on any atom is -0.509 e. The molecule has 0 aromatic carbocycles. The van der Waals surface area contributed by atoms with E-state index in [-0.39, 0.29) is 43.5 Å². The summed E-state index contributed by atoms with van der Waals surface area (Å²) in [5.41, 5.74) is -0.458. The predicted octanol–water partition coefficient (Wildman–Crippen LogP) is 2.47. The molecule has 4 heteroatoms. The summed E-state index contributed by atoms with van der Waals surface area (Å²) in [5, 5.41) is 9.56. The van der Waals surface area contributed by atoms with Crippen molar-refractivity contribution >= 4 is 5.78 Å². The van der Waals surface area contributed by atoms with Crippen LogP contribution >= 0.6 is 0 Å². The average Bonchev–Trinajstić information content (AvgIpc) is 2.04. The number of hydrogen-bond donors (Lipinski definition) is 1. The first-order chi connectivity index (χ1) is 6.32. The zero-order valence-electron chi connectivity index (χ0n) is 10.1. The fourth-order valence-electron chi connectivity index (χ4n) is 0.940. The molecule has 0 heterocycles. The average molecular weight is 379 g/mol. The third-order valence-corrected chi connectivity index (χ3v) is 2.00. The van der Waals surface area contributed by atoms with Crippen molar-refractivity contribution in [1.82, 2.24) is 0 Å². The molecular formula is C11H20HfO3. The number of ether oxygens (including phenoxy) is 1. The van der Waals surface area contributed by atoms with Crippen molar-refractivity contribution in [2.24, 2.45) is 5.41 Å². The Kier molecular flexibility index (Phi) is 8.53. The van der Waals surface area contributed by atoms with Crippen LogP contribution in [0.2, 0.25) is 0 Å². The van der Waals surface area contributed by atoms with E-state index in [0.717, 1.165) is 0 Å². The molecule has 0 bridgehead atoms. The Morgan fingerprint density at radius 3 is 2.20 bits per heavy atom. The van der Waals surface area contributed by atoms with Crippen molar-refractivity contribution in [3.63, 3.8) is 0 Å². The predicted molar refractivity (Wildman–Crippen MR) is 56.3 cm³/mol. The number of allylic oxidation sites excluding steroid dienone is 1. The number of aliphatic hydroxyl groups is 1. The van der Waals surface area contributed by atoms with Gasteiger partial charge < -0.3 is 9.84 Å². The van der Waals surface area contributed by atoms with Crippen LogP contribution in [0.5, 0.6) is 0 Å². The Labute approximate surface area is 111 Å². The van der Waals surface area contributed by atoms with Gasteiger partial charge in [-0.2, -0.15) is 0 Å². The second-order valence-electron chi connectivity index (χ2n) is 4.32. The molecule has 3 nitrogen and oxygen atoms in total. The maximum absolute atomic E-state index is 11.5. The van der Waals surface area contributed by atoms with E-state index in [1.54, 1.807) is 0 Å². The summed E-state index contributed by atoms with van der Waals surface area (Å²) in [5.74, 6) is -0.0829. The molecule has 0 spiro atoms. The van der Waals surface area contributed by atoms with Gasteiger partial charge in [-0.05, 0) is 6.42 Å². The molecule has 0 amide bonds. The van der Waals surface area contributed by atoms with Crippen LogP contribution in [0.1, 0.15) is 34.1 Å². The summed E-state index contributed by atoms with van der Waals surface area (Å²) < 4.78 is 5.00.